The summed E-state index contributed by atoms with van der Waals surface area (Å²) in [5, 5.41) is 0.885. The van der Waals surface area contributed by atoms with E-state index in [1.54, 1.807) is 12.1 Å². The van der Waals surface area contributed by atoms with Crippen LogP contribution in [-0.4, -0.2) is 12.9 Å². The number of benzene rings is 1. The molecule has 82 valence electrons. The van der Waals surface area contributed by atoms with Crippen LogP contribution in [0.1, 0.15) is 17.3 Å². The van der Waals surface area contributed by atoms with Crippen molar-refractivity contribution in [1.82, 2.24) is 0 Å². The molecule has 1 aromatic carbocycles. The highest BCUT2D eigenvalue weighted by atomic mass is 79.9. The van der Waals surface area contributed by atoms with Gasteiger partial charge in [-0.1, -0.05) is 39.1 Å². The monoisotopic (exact) mass is 310 g/mol. The molecule has 0 heterocycles. The van der Waals surface area contributed by atoms with E-state index in [9.17, 15) is 4.79 Å². The number of ketones is 1. The van der Waals surface area contributed by atoms with Gasteiger partial charge < -0.3 is 4.74 Å². The highest BCUT2D eigenvalue weighted by Gasteiger charge is 2.18. The summed E-state index contributed by atoms with van der Waals surface area (Å²) in [5.41, 5.74) is 0.648. The molecule has 1 unspecified atom stereocenters. The fourth-order valence-corrected chi connectivity index (χ4v) is 2.14. The van der Waals surface area contributed by atoms with Crippen molar-refractivity contribution in [2.45, 2.75) is 11.8 Å². The Kier molecular flexibility index (Phi) is 4.44. The van der Waals surface area contributed by atoms with Crippen molar-refractivity contribution in [3.63, 3.8) is 0 Å². The molecule has 0 aliphatic heterocycles. The van der Waals surface area contributed by atoms with Gasteiger partial charge in [0.25, 0.3) is 0 Å². The zero-order valence-corrected chi connectivity index (χ0v) is 11.3. The Morgan fingerprint density at radius 2 is 2.00 bits per heavy atom. The van der Waals surface area contributed by atoms with Crippen LogP contribution >= 0.6 is 39.1 Å². The van der Waals surface area contributed by atoms with E-state index >= 15 is 0 Å². The molecule has 0 bridgehead atoms. The Morgan fingerprint density at radius 3 is 2.47 bits per heavy atom. The molecule has 0 fully saturated rings. The van der Waals surface area contributed by atoms with Crippen LogP contribution in [0.5, 0.6) is 5.75 Å². The van der Waals surface area contributed by atoms with Crippen LogP contribution in [0.2, 0.25) is 10.0 Å². The maximum atomic E-state index is 11.2. The summed E-state index contributed by atoms with van der Waals surface area (Å²) >= 11 is 15.2. The van der Waals surface area contributed by atoms with Gasteiger partial charge in [-0.25, -0.2) is 0 Å². The molecule has 5 heteroatoms. The van der Waals surface area contributed by atoms with E-state index in [4.69, 9.17) is 27.9 Å². The second kappa shape index (κ2) is 5.19. The quantitative estimate of drug-likeness (QED) is 0.788. The van der Waals surface area contributed by atoms with Gasteiger partial charge in [-0.3, -0.25) is 4.79 Å². The van der Waals surface area contributed by atoms with Gasteiger partial charge >= 0.3 is 0 Å². The summed E-state index contributed by atoms with van der Waals surface area (Å²) < 4.78 is 5.00. The van der Waals surface area contributed by atoms with Crippen molar-refractivity contribution in [3.05, 3.63) is 27.7 Å². The van der Waals surface area contributed by atoms with Gasteiger partial charge in [-0.15, -0.1) is 0 Å². The first kappa shape index (κ1) is 12.8. The number of hydrogen-bond acceptors (Lipinski definition) is 2. The standard InChI is InChI=1S/C10H9BrCl2O2/c1-5(14)10(11)6-3-8(13)9(15-2)4-7(6)12/h3-4,10H,1-2H3. The number of rotatable bonds is 3. The summed E-state index contributed by atoms with van der Waals surface area (Å²) in [7, 11) is 1.51. The maximum Gasteiger partial charge on any atom is 0.147 e. The molecule has 0 amide bonds. The summed E-state index contributed by atoms with van der Waals surface area (Å²) in [4.78, 5) is 10.7. The first-order valence-electron chi connectivity index (χ1n) is 4.14. The SMILES string of the molecule is COc1cc(Cl)c(C(Br)C(C)=O)cc1Cl. The molecule has 0 saturated carbocycles. The molecular formula is C10H9BrCl2O2. The lowest BCUT2D eigenvalue weighted by Gasteiger charge is -2.11. The zero-order valence-electron chi connectivity index (χ0n) is 8.18. The smallest absolute Gasteiger partial charge is 0.147 e. The van der Waals surface area contributed by atoms with E-state index in [0.29, 0.717) is 21.4 Å². The minimum atomic E-state index is -0.437. The minimum Gasteiger partial charge on any atom is -0.495 e. The third kappa shape index (κ3) is 2.86. The average Bonchev–Trinajstić information content (AvgIpc) is 2.19. The van der Waals surface area contributed by atoms with E-state index in [-0.39, 0.29) is 5.78 Å². The van der Waals surface area contributed by atoms with Crippen molar-refractivity contribution in [2.75, 3.05) is 7.11 Å². The van der Waals surface area contributed by atoms with Crippen LogP contribution in [0.15, 0.2) is 12.1 Å². The molecule has 0 saturated heterocycles. The van der Waals surface area contributed by atoms with Gasteiger partial charge in [0.15, 0.2) is 0 Å². The van der Waals surface area contributed by atoms with Gasteiger partial charge in [-0.2, -0.15) is 0 Å². The van der Waals surface area contributed by atoms with Crippen molar-refractivity contribution in [1.29, 1.82) is 0 Å². The number of hydrogen-bond donors (Lipinski definition) is 0. The van der Waals surface area contributed by atoms with Crippen LogP contribution in [0, 0.1) is 0 Å². The molecule has 0 aliphatic rings. The molecule has 1 atom stereocenters. The topological polar surface area (TPSA) is 26.3 Å². The maximum absolute atomic E-state index is 11.2. The molecule has 1 aromatic rings. The molecule has 2 nitrogen and oxygen atoms in total. The lowest BCUT2D eigenvalue weighted by Crippen LogP contribution is -2.02. The number of carbonyl (C=O) groups excluding carboxylic acids is 1. The Bertz CT molecular complexity index is 393. The van der Waals surface area contributed by atoms with Gasteiger partial charge in [0.05, 0.1) is 17.0 Å². The molecule has 0 aromatic heterocycles. The van der Waals surface area contributed by atoms with E-state index < -0.39 is 4.83 Å². The summed E-state index contributed by atoms with van der Waals surface area (Å²) in [6.07, 6.45) is 0. The zero-order chi connectivity index (χ0) is 11.6. The van der Waals surface area contributed by atoms with Gasteiger partial charge in [0.2, 0.25) is 0 Å². The predicted molar refractivity (Wildman–Crippen MR) is 65.4 cm³/mol. The Labute approximate surface area is 107 Å². The number of carbonyl (C=O) groups is 1. The van der Waals surface area contributed by atoms with Crippen LogP contribution in [-0.2, 0) is 4.79 Å². The second-order valence-corrected chi connectivity index (χ2v) is 4.71. The highest BCUT2D eigenvalue weighted by Crippen LogP contribution is 2.37. The number of methoxy groups -OCH3 is 1. The molecule has 0 radical (unpaired) electrons. The largest absolute Gasteiger partial charge is 0.495 e. The van der Waals surface area contributed by atoms with E-state index in [1.165, 1.54) is 14.0 Å². The van der Waals surface area contributed by atoms with Crippen molar-refractivity contribution >= 4 is 44.9 Å². The van der Waals surface area contributed by atoms with Crippen molar-refractivity contribution in [2.24, 2.45) is 0 Å². The number of halogens is 3. The van der Waals surface area contributed by atoms with Crippen LogP contribution in [0.3, 0.4) is 0 Å². The van der Waals surface area contributed by atoms with E-state index in [0.717, 1.165) is 0 Å². The Morgan fingerprint density at radius 1 is 1.40 bits per heavy atom. The second-order valence-electron chi connectivity index (χ2n) is 2.98. The minimum absolute atomic E-state index is 0.0295. The van der Waals surface area contributed by atoms with E-state index in [1.807, 2.05) is 0 Å². The lowest BCUT2D eigenvalue weighted by molar-refractivity contribution is -0.116. The van der Waals surface area contributed by atoms with Gasteiger partial charge in [-0.05, 0) is 18.6 Å². The molecule has 0 N–H and O–H groups in total. The number of ether oxygens (including phenoxy) is 1. The highest BCUT2D eigenvalue weighted by molar-refractivity contribution is 9.09. The fourth-order valence-electron chi connectivity index (χ4n) is 1.11. The fraction of sp³-hybridized carbons (Fsp3) is 0.300. The number of Topliss-reactive ketones (excluding diaryl/α,β-unsaturated/α-hetero) is 1. The predicted octanol–water partition coefficient (Wildman–Crippen LogP) is 4.03. The van der Waals surface area contributed by atoms with Gasteiger partial charge in [0, 0.05) is 11.1 Å². The number of alkyl halides is 1. The van der Waals surface area contributed by atoms with Crippen LogP contribution in [0.25, 0.3) is 0 Å². The molecule has 1 rings (SSSR count). The van der Waals surface area contributed by atoms with E-state index in [2.05, 4.69) is 15.9 Å². The molecule has 0 spiro atoms. The van der Waals surface area contributed by atoms with Crippen molar-refractivity contribution < 1.29 is 9.53 Å². The first-order valence-corrected chi connectivity index (χ1v) is 5.82. The van der Waals surface area contributed by atoms with Crippen LogP contribution in [0.4, 0.5) is 0 Å². The normalized spacial score (nSPS) is 12.3. The molecular weight excluding hydrogens is 303 g/mol. The first-order chi connectivity index (χ1) is 6.97. The Hall–Kier alpha value is -0.250. The molecule has 0 aliphatic carbocycles. The van der Waals surface area contributed by atoms with Crippen molar-refractivity contribution in [3.8, 4) is 5.75 Å². The van der Waals surface area contributed by atoms with Crippen LogP contribution < -0.4 is 4.74 Å². The Balaban J connectivity index is 3.21. The third-order valence-corrected chi connectivity index (χ3v) is 3.66. The van der Waals surface area contributed by atoms with Gasteiger partial charge in [0.1, 0.15) is 11.5 Å². The summed E-state index contributed by atoms with van der Waals surface area (Å²) in [6, 6.07) is 3.22. The molecule has 15 heavy (non-hydrogen) atoms. The summed E-state index contributed by atoms with van der Waals surface area (Å²) in [5.74, 6) is 0.465. The summed E-state index contributed by atoms with van der Waals surface area (Å²) in [6.45, 7) is 1.48. The average molecular weight is 312 g/mol. The third-order valence-electron chi connectivity index (χ3n) is 1.90. The lowest BCUT2D eigenvalue weighted by atomic mass is 10.1.